The lowest BCUT2D eigenvalue weighted by molar-refractivity contribution is -0.175. The lowest BCUT2D eigenvalue weighted by Gasteiger charge is -2.45. The zero-order chi connectivity index (χ0) is 25.1. The standard InChI is InChI=1S/C29H56N2O3/c1-27(2,21-22-30-26(32)23-33-25-19-15-11-8-12-16-20-25)31-29(5,6)34-28(3,4)24-17-13-9-7-10-14-18-24/h24-25,31H,7-23H2,1-6H3,(H,30,32). The number of carbonyl (C=O) groups excluding carboxylic acids is 1. The molecule has 5 heteroatoms. The second kappa shape index (κ2) is 14.2. The van der Waals surface area contributed by atoms with Crippen molar-refractivity contribution in [2.24, 2.45) is 5.92 Å². The van der Waals surface area contributed by atoms with Crippen molar-refractivity contribution in [2.45, 2.75) is 161 Å². The molecule has 0 aromatic heterocycles. The van der Waals surface area contributed by atoms with Gasteiger partial charge in [-0.05, 0) is 79.6 Å². The lowest BCUT2D eigenvalue weighted by atomic mass is 9.80. The van der Waals surface area contributed by atoms with Crippen LogP contribution in [0, 0.1) is 5.92 Å². The van der Waals surface area contributed by atoms with Gasteiger partial charge in [-0.3, -0.25) is 10.1 Å². The van der Waals surface area contributed by atoms with Crippen molar-refractivity contribution in [3.8, 4) is 0 Å². The number of rotatable bonds is 11. The van der Waals surface area contributed by atoms with Crippen LogP contribution in [0.3, 0.4) is 0 Å². The summed E-state index contributed by atoms with van der Waals surface area (Å²) in [7, 11) is 0. The summed E-state index contributed by atoms with van der Waals surface area (Å²) in [6.45, 7) is 14.0. The van der Waals surface area contributed by atoms with Crippen LogP contribution < -0.4 is 10.6 Å². The minimum Gasteiger partial charge on any atom is -0.368 e. The molecule has 0 aromatic carbocycles. The van der Waals surface area contributed by atoms with Gasteiger partial charge in [-0.2, -0.15) is 0 Å². The fraction of sp³-hybridized carbons (Fsp3) is 0.966. The van der Waals surface area contributed by atoms with Gasteiger partial charge >= 0.3 is 0 Å². The second-order valence-electron chi connectivity index (χ2n) is 12.6. The average molecular weight is 481 g/mol. The summed E-state index contributed by atoms with van der Waals surface area (Å²) in [6, 6.07) is 0. The summed E-state index contributed by atoms with van der Waals surface area (Å²) in [5.41, 5.74) is -0.763. The molecule has 0 bridgehead atoms. The lowest BCUT2D eigenvalue weighted by Crippen LogP contribution is -2.58. The third-order valence-corrected chi connectivity index (χ3v) is 7.82. The first-order chi connectivity index (χ1) is 16.0. The summed E-state index contributed by atoms with van der Waals surface area (Å²) in [6.07, 6.45) is 18.9. The van der Waals surface area contributed by atoms with Crippen LogP contribution in [-0.4, -0.2) is 42.0 Å². The quantitative estimate of drug-likeness (QED) is 0.316. The second-order valence-corrected chi connectivity index (χ2v) is 12.6. The highest BCUT2D eigenvalue weighted by Crippen LogP contribution is 2.36. The third kappa shape index (κ3) is 11.9. The molecule has 0 heterocycles. The molecule has 2 saturated carbocycles. The molecule has 0 saturated heterocycles. The van der Waals surface area contributed by atoms with E-state index >= 15 is 0 Å². The SMILES string of the molecule is CC(C)(CCNC(=O)COC1CCCCCCC1)NC(C)(C)OC(C)(C)C1CCCCCCC1. The summed E-state index contributed by atoms with van der Waals surface area (Å²) in [4.78, 5) is 12.3. The van der Waals surface area contributed by atoms with E-state index in [1.54, 1.807) is 0 Å². The molecule has 0 aromatic rings. The van der Waals surface area contributed by atoms with Crippen LogP contribution in [0.15, 0.2) is 0 Å². The number of nitrogens with one attached hydrogen (secondary N) is 2. The molecule has 1 amide bonds. The predicted molar refractivity (Wildman–Crippen MR) is 142 cm³/mol. The molecular formula is C29H56N2O3. The van der Waals surface area contributed by atoms with Gasteiger partial charge in [0.1, 0.15) is 12.3 Å². The smallest absolute Gasteiger partial charge is 0.246 e. The highest BCUT2D eigenvalue weighted by atomic mass is 16.5. The zero-order valence-electron chi connectivity index (χ0n) is 23.4. The number of hydrogen-bond acceptors (Lipinski definition) is 4. The minimum atomic E-state index is -0.444. The van der Waals surface area contributed by atoms with Gasteiger partial charge in [-0.25, -0.2) is 0 Å². The number of ether oxygens (including phenoxy) is 2. The first kappa shape index (κ1) is 29.6. The zero-order valence-corrected chi connectivity index (χ0v) is 23.4. The Morgan fingerprint density at radius 3 is 1.82 bits per heavy atom. The van der Waals surface area contributed by atoms with Crippen LogP contribution in [0.5, 0.6) is 0 Å². The molecule has 2 rings (SSSR count). The van der Waals surface area contributed by atoms with E-state index in [0.717, 1.165) is 19.3 Å². The minimum absolute atomic E-state index is 0.00113. The molecule has 2 aliphatic rings. The topological polar surface area (TPSA) is 59.6 Å². The van der Waals surface area contributed by atoms with Crippen molar-refractivity contribution in [3.05, 3.63) is 0 Å². The fourth-order valence-electron chi connectivity index (χ4n) is 6.14. The molecule has 2 aliphatic carbocycles. The van der Waals surface area contributed by atoms with E-state index in [9.17, 15) is 4.79 Å². The van der Waals surface area contributed by atoms with E-state index in [1.807, 2.05) is 0 Å². The van der Waals surface area contributed by atoms with Gasteiger partial charge in [0, 0.05) is 12.1 Å². The molecule has 34 heavy (non-hydrogen) atoms. The van der Waals surface area contributed by atoms with Crippen molar-refractivity contribution in [1.82, 2.24) is 10.6 Å². The Balaban J connectivity index is 1.73. The molecule has 0 radical (unpaired) electrons. The van der Waals surface area contributed by atoms with E-state index < -0.39 is 5.72 Å². The Hall–Kier alpha value is -0.650. The monoisotopic (exact) mass is 480 g/mol. The molecule has 0 unspecified atom stereocenters. The van der Waals surface area contributed by atoms with E-state index in [2.05, 4.69) is 52.2 Å². The first-order valence-corrected chi connectivity index (χ1v) is 14.4. The maximum Gasteiger partial charge on any atom is 0.246 e. The fourth-order valence-corrected chi connectivity index (χ4v) is 6.14. The van der Waals surface area contributed by atoms with E-state index in [0.29, 0.717) is 12.5 Å². The van der Waals surface area contributed by atoms with Crippen LogP contribution in [0.1, 0.15) is 138 Å². The molecule has 2 N–H and O–H groups in total. The molecule has 0 spiro atoms. The Bertz CT molecular complexity index is 572. The number of hydrogen-bond donors (Lipinski definition) is 2. The van der Waals surface area contributed by atoms with Crippen molar-refractivity contribution in [2.75, 3.05) is 13.2 Å². The van der Waals surface area contributed by atoms with Crippen LogP contribution in [0.2, 0.25) is 0 Å². The van der Waals surface area contributed by atoms with Crippen molar-refractivity contribution in [1.29, 1.82) is 0 Å². The van der Waals surface area contributed by atoms with Crippen LogP contribution in [0.4, 0.5) is 0 Å². The van der Waals surface area contributed by atoms with Crippen molar-refractivity contribution < 1.29 is 14.3 Å². The Labute approximate surface area is 210 Å². The number of carbonyl (C=O) groups is 1. The third-order valence-electron chi connectivity index (χ3n) is 7.82. The van der Waals surface area contributed by atoms with Crippen molar-refractivity contribution >= 4 is 5.91 Å². The van der Waals surface area contributed by atoms with Crippen LogP contribution in [-0.2, 0) is 14.3 Å². The molecule has 0 atom stereocenters. The van der Waals surface area contributed by atoms with Gasteiger partial charge in [0.2, 0.25) is 5.91 Å². The highest BCUT2D eigenvalue weighted by Gasteiger charge is 2.38. The normalized spacial score (nSPS) is 20.8. The summed E-state index contributed by atoms with van der Waals surface area (Å²) in [5.74, 6) is 0.605. The average Bonchev–Trinajstić information content (AvgIpc) is 2.64. The van der Waals surface area contributed by atoms with Gasteiger partial charge in [0.15, 0.2) is 0 Å². The van der Waals surface area contributed by atoms with Gasteiger partial charge in [0.25, 0.3) is 0 Å². The maximum atomic E-state index is 12.3. The summed E-state index contributed by atoms with van der Waals surface area (Å²) >= 11 is 0. The molecule has 200 valence electrons. The maximum absolute atomic E-state index is 12.3. The molecule has 0 aliphatic heterocycles. The summed E-state index contributed by atoms with van der Waals surface area (Å²) < 4.78 is 12.7. The van der Waals surface area contributed by atoms with Gasteiger partial charge in [0.05, 0.1) is 11.7 Å². The molecule has 5 nitrogen and oxygen atoms in total. The van der Waals surface area contributed by atoms with Gasteiger partial charge < -0.3 is 14.8 Å². The summed E-state index contributed by atoms with van der Waals surface area (Å²) in [5, 5.41) is 6.78. The van der Waals surface area contributed by atoms with Gasteiger partial charge in [-0.15, -0.1) is 0 Å². The van der Waals surface area contributed by atoms with E-state index in [4.69, 9.17) is 9.47 Å². The predicted octanol–water partition coefficient (Wildman–Crippen LogP) is 6.88. The van der Waals surface area contributed by atoms with Gasteiger partial charge in [-0.1, -0.05) is 64.2 Å². The Morgan fingerprint density at radius 2 is 1.26 bits per heavy atom. The Morgan fingerprint density at radius 1 is 0.765 bits per heavy atom. The van der Waals surface area contributed by atoms with E-state index in [-0.39, 0.29) is 29.8 Å². The Kier molecular flexibility index (Phi) is 12.3. The largest absolute Gasteiger partial charge is 0.368 e. The number of amides is 1. The molecule has 2 fully saturated rings. The van der Waals surface area contributed by atoms with Crippen molar-refractivity contribution in [3.63, 3.8) is 0 Å². The molecular weight excluding hydrogens is 424 g/mol. The van der Waals surface area contributed by atoms with E-state index in [1.165, 1.54) is 77.0 Å². The van der Waals surface area contributed by atoms with Crippen LogP contribution >= 0.6 is 0 Å². The van der Waals surface area contributed by atoms with Crippen LogP contribution in [0.25, 0.3) is 0 Å². The highest BCUT2D eigenvalue weighted by molar-refractivity contribution is 5.77. The first-order valence-electron chi connectivity index (χ1n) is 14.4.